The fraction of sp³-hybridized carbons (Fsp3) is 0. The van der Waals surface area contributed by atoms with E-state index in [1.807, 2.05) is 131 Å². The van der Waals surface area contributed by atoms with Gasteiger partial charge in [-0.15, -0.1) is 0 Å². The highest BCUT2D eigenvalue weighted by Gasteiger charge is 2.26. The normalized spacial score (nSPS) is 11.5. The molecule has 0 aliphatic heterocycles. The van der Waals surface area contributed by atoms with Crippen LogP contribution in [-0.2, 0) is 0 Å². The van der Waals surface area contributed by atoms with Gasteiger partial charge in [0, 0.05) is 122 Å². The lowest BCUT2D eigenvalue weighted by molar-refractivity contribution is 0.627. The molecule has 0 atom stereocenters. The Morgan fingerprint density at radius 1 is 0.225 bits per heavy atom. The molecule has 0 fully saturated rings. The van der Waals surface area contributed by atoms with Gasteiger partial charge < -0.3 is 37.3 Å². The third-order valence-corrected chi connectivity index (χ3v) is 22.4. The number of fused-ring (bicyclic) bond motifs is 22. The van der Waals surface area contributed by atoms with E-state index in [2.05, 4.69) is 118 Å². The summed E-state index contributed by atoms with van der Waals surface area (Å²) in [6, 6.07) is 111. The standard InChI is InChI=1S/C54H28N6O2.C50H28F4N2O2/c1-58-38-10-18-42(19-11-38)60(41-16-6-35(32-57)7-17-41)44-20-24-45-36(28-44)8-22-47-48-26-27-50-51(54(48)62-52(45)47)49-23-9-37-29-43(21-25-46(37)53(49)61-50)59(39-12-2-33(30-55)3-13-39)40-14-4-34(31-56)5-15-40;51-31-3-11-35(12-4-31)55(36-13-5-32(52)6-14-36)39-19-23-41-29(27-39)1-21-43-44-25-26-46-47(50(44)58-48(41)43)45-22-2-30-28-40(20-24-42(30)49(45)57-46)56(37-15-7-33(53)8-16-37)38-17-9-34(54)10-18-38/h2-29H;1-28H. The predicted molar refractivity (Wildman–Crippen MR) is 471 cm³/mol. The van der Waals surface area contributed by atoms with Crippen LogP contribution in [0.2, 0.25) is 0 Å². The molecule has 564 valence electrons. The molecule has 22 rings (SSSR count). The number of hydrogen-bond acceptors (Lipinski definition) is 11. The fourth-order valence-electron chi connectivity index (χ4n) is 16.7. The Kier molecular flexibility index (Phi) is 16.9. The number of nitriles is 3. The van der Waals surface area contributed by atoms with Crippen molar-refractivity contribution in [1.29, 1.82) is 15.8 Å². The van der Waals surface area contributed by atoms with Gasteiger partial charge in [-0.3, -0.25) is 0 Å². The van der Waals surface area contributed by atoms with Crippen molar-refractivity contribution in [2.75, 3.05) is 19.6 Å². The summed E-state index contributed by atoms with van der Waals surface area (Å²) in [5.41, 5.74) is 18.1. The van der Waals surface area contributed by atoms with Gasteiger partial charge in [-0.05, 0) is 325 Å². The van der Waals surface area contributed by atoms with Crippen LogP contribution in [0.5, 0.6) is 0 Å². The first-order chi connectivity index (χ1) is 58.9. The number of hydrogen-bond donors (Lipinski definition) is 0. The average molecular weight is 1560 g/mol. The lowest BCUT2D eigenvalue weighted by Crippen LogP contribution is -2.10. The Morgan fingerprint density at radius 2 is 0.442 bits per heavy atom. The van der Waals surface area contributed by atoms with E-state index in [-0.39, 0.29) is 23.3 Å². The molecular formula is C104H56F4N8O4. The van der Waals surface area contributed by atoms with Gasteiger partial charge in [-0.25, -0.2) is 22.4 Å². The largest absolute Gasteiger partial charge is 0.455 e. The number of furan rings is 4. The summed E-state index contributed by atoms with van der Waals surface area (Å²) in [6.45, 7) is 7.44. The quantitative estimate of drug-likeness (QED) is 0.0852. The fourth-order valence-corrected chi connectivity index (χ4v) is 16.7. The molecule has 0 bridgehead atoms. The summed E-state index contributed by atoms with van der Waals surface area (Å²) in [5, 5.41) is 43.5. The first-order valence-corrected chi connectivity index (χ1v) is 38.4. The molecule has 0 N–H and O–H groups in total. The van der Waals surface area contributed by atoms with Crippen molar-refractivity contribution in [3.8, 4) is 18.2 Å². The molecule has 0 saturated carbocycles. The summed E-state index contributed by atoms with van der Waals surface area (Å²) in [6.07, 6.45) is 0. The smallest absolute Gasteiger partial charge is 0.187 e. The number of anilines is 12. The van der Waals surface area contributed by atoms with Crippen molar-refractivity contribution < 1.29 is 35.2 Å². The second kappa shape index (κ2) is 28.6. The maximum absolute atomic E-state index is 13.9. The van der Waals surface area contributed by atoms with Crippen LogP contribution >= 0.6 is 0 Å². The Morgan fingerprint density at radius 3 is 0.708 bits per heavy atom. The van der Waals surface area contributed by atoms with E-state index in [9.17, 15) is 33.3 Å². The molecule has 120 heavy (non-hydrogen) atoms. The molecular weight excluding hydrogens is 1500 g/mol. The molecule has 0 aliphatic rings. The molecule has 0 amide bonds. The Balaban J connectivity index is 0.000000149. The van der Waals surface area contributed by atoms with E-state index in [0.717, 1.165) is 194 Å². The van der Waals surface area contributed by atoms with E-state index < -0.39 is 0 Å². The van der Waals surface area contributed by atoms with Gasteiger partial charge >= 0.3 is 0 Å². The molecule has 22 aromatic rings. The number of halogens is 4. The summed E-state index contributed by atoms with van der Waals surface area (Å²) in [5.74, 6) is -1.38. The van der Waals surface area contributed by atoms with Crippen molar-refractivity contribution in [2.24, 2.45) is 0 Å². The molecule has 16 heteroatoms. The van der Waals surface area contributed by atoms with Gasteiger partial charge in [-0.2, -0.15) is 15.8 Å². The maximum Gasteiger partial charge on any atom is 0.187 e. The Labute approximate surface area is 680 Å². The molecule has 0 radical (unpaired) electrons. The highest BCUT2D eigenvalue weighted by molar-refractivity contribution is 6.29. The Hall–Kier alpha value is -16.9. The topological polar surface area (TPSA) is 141 Å². The van der Waals surface area contributed by atoms with E-state index in [4.69, 9.17) is 24.2 Å². The lowest BCUT2D eigenvalue weighted by atomic mass is 10.0. The van der Waals surface area contributed by atoms with E-state index in [1.165, 1.54) is 48.5 Å². The highest BCUT2D eigenvalue weighted by atomic mass is 19.1. The van der Waals surface area contributed by atoms with Crippen molar-refractivity contribution >= 4 is 205 Å². The predicted octanol–water partition coefficient (Wildman–Crippen LogP) is 30.2. The van der Waals surface area contributed by atoms with Crippen molar-refractivity contribution in [3.63, 3.8) is 0 Å². The monoisotopic (exact) mass is 1560 g/mol. The number of benzene rings is 18. The summed E-state index contributed by atoms with van der Waals surface area (Å²) >= 11 is 0. The molecule has 0 unspecified atom stereocenters. The molecule has 12 nitrogen and oxygen atoms in total. The first-order valence-electron chi connectivity index (χ1n) is 38.4. The summed E-state index contributed by atoms with van der Waals surface area (Å²) in [4.78, 5) is 11.7. The van der Waals surface area contributed by atoms with Crippen LogP contribution in [0.3, 0.4) is 0 Å². The van der Waals surface area contributed by atoms with E-state index >= 15 is 0 Å². The van der Waals surface area contributed by atoms with Gasteiger partial charge in [-0.1, -0.05) is 36.4 Å². The van der Waals surface area contributed by atoms with Crippen LogP contribution in [-0.4, -0.2) is 0 Å². The van der Waals surface area contributed by atoms with E-state index in [0.29, 0.717) is 28.0 Å². The van der Waals surface area contributed by atoms with E-state index in [1.54, 1.807) is 84.9 Å². The molecule has 18 aromatic carbocycles. The van der Waals surface area contributed by atoms with Gasteiger partial charge in [0.05, 0.1) is 52.2 Å². The Bertz CT molecular complexity index is 7920. The van der Waals surface area contributed by atoms with Crippen LogP contribution in [0.1, 0.15) is 16.7 Å². The van der Waals surface area contributed by atoms with Crippen LogP contribution in [0, 0.1) is 63.8 Å². The zero-order valence-corrected chi connectivity index (χ0v) is 63.1. The van der Waals surface area contributed by atoms with Crippen molar-refractivity contribution in [1.82, 2.24) is 0 Å². The van der Waals surface area contributed by atoms with Gasteiger partial charge in [0.25, 0.3) is 0 Å². The van der Waals surface area contributed by atoms with Gasteiger partial charge in [0.2, 0.25) is 0 Å². The van der Waals surface area contributed by atoms with Crippen LogP contribution in [0.25, 0.3) is 136 Å². The summed E-state index contributed by atoms with van der Waals surface area (Å²) < 4.78 is 82.7. The van der Waals surface area contributed by atoms with Gasteiger partial charge in [0.1, 0.15) is 67.9 Å². The molecule has 4 heterocycles. The minimum Gasteiger partial charge on any atom is -0.455 e. The first kappa shape index (κ1) is 70.9. The average Bonchev–Trinajstić information content (AvgIpc) is 1.56. The van der Waals surface area contributed by atoms with Crippen LogP contribution in [0.4, 0.5) is 91.5 Å². The molecule has 0 spiro atoms. The molecule has 0 saturated heterocycles. The minimum absolute atomic E-state index is 0.344. The van der Waals surface area contributed by atoms with Crippen molar-refractivity contribution in [2.45, 2.75) is 0 Å². The van der Waals surface area contributed by atoms with Crippen LogP contribution in [0.15, 0.2) is 357 Å². The second-order valence-electron chi connectivity index (χ2n) is 29.3. The molecule has 0 aliphatic carbocycles. The summed E-state index contributed by atoms with van der Waals surface area (Å²) in [7, 11) is 0. The maximum atomic E-state index is 13.9. The van der Waals surface area contributed by atoms with Crippen molar-refractivity contribution in [3.05, 3.63) is 391 Å². The SMILES string of the molecule is Fc1ccc(N(c2ccc(F)cc2)c2ccc3c(ccc4c5ccc6oc7c8ccc(N(c9ccc(F)cc9)c9ccc(F)cc9)cc8ccc7c6c5oc34)c2)cc1.[C-]#[N+]c1ccc(N(c2ccc(C#N)cc2)c2ccc3c(ccc4c5ccc6oc7c8ccc(N(c9ccc(C#N)cc9)c9ccc(C#N)cc9)cc8ccc7c6c5oc34)c2)cc1. The van der Waals surface area contributed by atoms with Crippen LogP contribution < -0.4 is 19.6 Å². The molecule has 4 aromatic heterocycles. The third-order valence-electron chi connectivity index (χ3n) is 22.4. The van der Waals surface area contributed by atoms with Gasteiger partial charge in [0.15, 0.2) is 5.69 Å². The zero-order chi connectivity index (χ0) is 81.0. The lowest BCUT2D eigenvalue weighted by Gasteiger charge is -2.26. The number of nitrogens with zero attached hydrogens (tertiary/aromatic N) is 8. The third kappa shape index (κ3) is 12.1. The zero-order valence-electron chi connectivity index (χ0n) is 63.1. The minimum atomic E-state index is -0.345. The second-order valence-corrected chi connectivity index (χ2v) is 29.3. The highest BCUT2D eigenvalue weighted by Crippen LogP contribution is 2.49. The number of rotatable bonds is 12.